The number of ether oxygens (including phenoxy) is 1. The average Bonchev–Trinajstić information content (AvgIpc) is 2.48. The summed E-state index contributed by atoms with van der Waals surface area (Å²) in [5.41, 5.74) is 6.96. The molecule has 0 spiro atoms. The van der Waals surface area contributed by atoms with Crippen LogP contribution in [0.4, 0.5) is 0 Å². The Morgan fingerprint density at radius 3 is 2.89 bits per heavy atom. The topological polar surface area (TPSA) is 55.6 Å². The highest BCUT2D eigenvalue weighted by atomic mass is 16.5. The number of benzene rings is 1. The third-order valence-corrected chi connectivity index (χ3v) is 3.52. The van der Waals surface area contributed by atoms with Gasteiger partial charge in [0.1, 0.15) is 0 Å². The van der Waals surface area contributed by atoms with Crippen molar-refractivity contribution in [1.82, 2.24) is 4.90 Å². The number of rotatable bonds is 5. The molecule has 4 heteroatoms. The Morgan fingerprint density at radius 2 is 2.16 bits per heavy atom. The summed E-state index contributed by atoms with van der Waals surface area (Å²) in [4.78, 5) is 14.1. The van der Waals surface area contributed by atoms with Gasteiger partial charge in [-0.3, -0.25) is 4.79 Å². The molecule has 0 aromatic heterocycles. The van der Waals surface area contributed by atoms with Gasteiger partial charge in [-0.15, -0.1) is 0 Å². The van der Waals surface area contributed by atoms with E-state index in [1.54, 1.807) is 0 Å². The van der Waals surface area contributed by atoms with Crippen LogP contribution in [0.5, 0.6) is 0 Å². The summed E-state index contributed by atoms with van der Waals surface area (Å²) in [7, 11) is 0. The first-order valence-electron chi connectivity index (χ1n) is 6.92. The minimum Gasteiger partial charge on any atom is -0.377 e. The normalized spacial score (nSPS) is 19.4. The van der Waals surface area contributed by atoms with Crippen molar-refractivity contribution in [3.8, 4) is 0 Å². The van der Waals surface area contributed by atoms with Crippen LogP contribution >= 0.6 is 0 Å². The lowest BCUT2D eigenvalue weighted by Crippen LogP contribution is -2.52. The van der Waals surface area contributed by atoms with Crippen LogP contribution in [-0.4, -0.2) is 43.2 Å². The van der Waals surface area contributed by atoms with E-state index >= 15 is 0 Å². The van der Waals surface area contributed by atoms with Crippen molar-refractivity contribution in [3.05, 3.63) is 35.9 Å². The molecule has 1 aromatic carbocycles. The Labute approximate surface area is 114 Å². The SMILES string of the molecule is NCC1COCCN1C(=O)CCCc1ccccc1. The maximum absolute atomic E-state index is 12.2. The van der Waals surface area contributed by atoms with Crippen LogP contribution < -0.4 is 5.73 Å². The van der Waals surface area contributed by atoms with Crippen molar-refractivity contribution in [2.75, 3.05) is 26.3 Å². The van der Waals surface area contributed by atoms with E-state index in [4.69, 9.17) is 10.5 Å². The van der Waals surface area contributed by atoms with Crippen LogP contribution in [0.1, 0.15) is 18.4 Å². The van der Waals surface area contributed by atoms with Gasteiger partial charge in [-0.2, -0.15) is 0 Å². The highest BCUT2D eigenvalue weighted by molar-refractivity contribution is 5.76. The van der Waals surface area contributed by atoms with Crippen molar-refractivity contribution in [2.24, 2.45) is 5.73 Å². The second kappa shape index (κ2) is 7.26. The van der Waals surface area contributed by atoms with E-state index in [1.165, 1.54) is 5.56 Å². The molecule has 1 unspecified atom stereocenters. The molecule has 1 aliphatic rings. The average molecular weight is 262 g/mol. The molecule has 1 saturated heterocycles. The first-order valence-corrected chi connectivity index (χ1v) is 6.92. The smallest absolute Gasteiger partial charge is 0.223 e. The Hall–Kier alpha value is -1.39. The molecule has 19 heavy (non-hydrogen) atoms. The minimum atomic E-state index is 0.0537. The summed E-state index contributed by atoms with van der Waals surface area (Å²) in [5, 5.41) is 0. The highest BCUT2D eigenvalue weighted by Crippen LogP contribution is 2.11. The Morgan fingerprint density at radius 1 is 1.37 bits per heavy atom. The maximum Gasteiger partial charge on any atom is 0.223 e. The van der Waals surface area contributed by atoms with E-state index in [-0.39, 0.29) is 11.9 Å². The lowest BCUT2D eigenvalue weighted by atomic mass is 10.1. The zero-order chi connectivity index (χ0) is 13.5. The van der Waals surface area contributed by atoms with Gasteiger partial charge < -0.3 is 15.4 Å². The first kappa shape index (κ1) is 14.0. The molecule has 104 valence electrons. The molecule has 4 nitrogen and oxygen atoms in total. The largest absolute Gasteiger partial charge is 0.377 e. The third kappa shape index (κ3) is 4.04. The standard InChI is InChI=1S/C15H22N2O2/c16-11-14-12-19-10-9-17(14)15(18)8-4-7-13-5-2-1-3-6-13/h1-3,5-6,14H,4,7-12,16H2. The van der Waals surface area contributed by atoms with Crippen LogP contribution in [0.2, 0.25) is 0 Å². The predicted molar refractivity (Wildman–Crippen MR) is 74.8 cm³/mol. The van der Waals surface area contributed by atoms with Gasteiger partial charge in [0.2, 0.25) is 5.91 Å². The zero-order valence-electron chi connectivity index (χ0n) is 11.3. The van der Waals surface area contributed by atoms with Gasteiger partial charge in [-0.05, 0) is 18.4 Å². The summed E-state index contributed by atoms with van der Waals surface area (Å²) in [6, 6.07) is 10.3. The second-order valence-electron chi connectivity index (χ2n) is 4.89. The summed E-state index contributed by atoms with van der Waals surface area (Å²) in [5.74, 6) is 0.203. The van der Waals surface area contributed by atoms with Gasteiger partial charge >= 0.3 is 0 Å². The van der Waals surface area contributed by atoms with Crippen molar-refractivity contribution < 1.29 is 9.53 Å². The number of hydrogen-bond donors (Lipinski definition) is 1. The molecule has 0 radical (unpaired) electrons. The Bertz CT molecular complexity index is 394. The Kier molecular flexibility index (Phi) is 5.36. The van der Waals surface area contributed by atoms with Crippen LogP contribution in [0.25, 0.3) is 0 Å². The van der Waals surface area contributed by atoms with Crippen molar-refractivity contribution in [3.63, 3.8) is 0 Å². The van der Waals surface area contributed by atoms with Crippen LogP contribution in [0.3, 0.4) is 0 Å². The molecule has 1 atom stereocenters. The monoisotopic (exact) mass is 262 g/mol. The molecule has 0 bridgehead atoms. The van der Waals surface area contributed by atoms with E-state index in [9.17, 15) is 4.79 Å². The van der Waals surface area contributed by atoms with Crippen LogP contribution in [-0.2, 0) is 16.0 Å². The van der Waals surface area contributed by atoms with Gasteiger partial charge in [0, 0.05) is 19.5 Å². The maximum atomic E-state index is 12.2. The molecular formula is C15H22N2O2. The molecule has 1 aliphatic heterocycles. The number of nitrogens with two attached hydrogens (primary N) is 1. The Balaban J connectivity index is 1.77. The highest BCUT2D eigenvalue weighted by Gasteiger charge is 2.25. The van der Waals surface area contributed by atoms with Gasteiger partial charge in [0.25, 0.3) is 0 Å². The number of carbonyl (C=O) groups is 1. The second-order valence-corrected chi connectivity index (χ2v) is 4.89. The van der Waals surface area contributed by atoms with E-state index < -0.39 is 0 Å². The molecule has 1 amide bonds. The van der Waals surface area contributed by atoms with E-state index in [0.29, 0.717) is 32.7 Å². The molecule has 1 heterocycles. The molecule has 2 rings (SSSR count). The van der Waals surface area contributed by atoms with Gasteiger partial charge in [0.15, 0.2) is 0 Å². The minimum absolute atomic E-state index is 0.0537. The van der Waals surface area contributed by atoms with Crippen LogP contribution in [0.15, 0.2) is 30.3 Å². The zero-order valence-corrected chi connectivity index (χ0v) is 11.3. The number of carbonyl (C=O) groups excluding carboxylic acids is 1. The summed E-state index contributed by atoms with van der Waals surface area (Å²) >= 11 is 0. The lowest BCUT2D eigenvalue weighted by Gasteiger charge is -2.35. The lowest BCUT2D eigenvalue weighted by molar-refractivity contribution is -0.139. The molecule has 1 fully saturated rings. The summed E-state index contributed by atoms with van der Waals surface area (Å²) < 4.78 is 5.35. The first-order chi connectivity index (χ1) is 9.31. The number of hydrogen-bond acceptors (Lipinski definition) is 3. The molecule has 0 aliphatic carbocycles. The molecule has 2 N–H and O–H groups in total. The van der Waals surface area contributed by atoms with Gasteiger partial charge in [0.05, 0.1) is 19.3 Å². The van der Waals surface area contributed by atoms with E-state index in [1.807, 2.05) is 23.1 Å². The van der Waals surface area contributed by atoms with E-state index in [2.05, 4.69) is 12.1 Å². The number of morpholine rings is 1. The van der Waals surface area contributed by atoms with Crippen LogP contribution in [0, 0.1) is 0 Å². The quantitative estimate of drug-likeness (QED) is 0.867. The van der Waals surface area contributed by atoms with Crippen molar-refractivity contribution in [1.29, 1.82) is 0 Å². The number of amides is 1. The van der Waals surface area contributed by atoms with Gasteiger partial charge in [-0.1, -0.05) is 30.3 Å². The third-order valence-electron chi connectivity index (χ3n) is 3.52. The van der Waals surface area contributed by atoms with Crippen molar-refractivity contribution >= 4 is 5.91 Å². The summed E-state index contributed by atoms with van der Waals surface area (Å²) in [6.45, 7) is 2.35. The van der Waals surface area contributed by atoms with E-state index in [0.717, 1.165) is 12.8 Å². The molecule has 0 saturated carbocycles. The predicted octanol–water partition coefficient (Wildman–Crippen LogP) is 1.20. The summed E-state index contributed by atoms with van der Waals surface area (Å²) in [6.07, 6.45) is 2.42. The fourth-order valence-electron chi connectivity index (χ4n) is 2.41. The van der Waals surface area contributed by atoms with Gasteiger partial charge in [-0.25, -0.2) is 0 Å². The molecular weight excluding hydrogens is 240 g/mol. The van der Waals surface area contributed by atoms with Crippen molar-refractivity contribution in [2.45, 2.75) is 25.3 Å². The molecule has 1 aromatic rings. The fraction of sp³-hybridized carbons (Fsp3) is 0.533. The fourth-order valence-corrected chi connectivity index (χ4v) is 2.41. The number of aryl methyl sites for hydroxylation is 1. The number of nitrogens with zero attached hydrogens (tertiary/aromatic N) is 1.